The van der Waals surface area contributed by atoms with Crippen LogP contribution in [-0.4, -0.2) is 20.9 Å². The number of nitrogens with one attached hydrogen (secondary N) is 1. The summed E-state index contributed by atoms with van der Waals surface area (Å²) in [6, 6.07) is 19.2. The van der Waals surface area contributed by atoms with Crippen molar-refractivity contribution in [1.82, 2.24) is 15.2 Å². The molecule has 6 nitrogen and oxygen atoms in total. The fraction of sp³-hybridized carbons (Fsp3) is 0.136. The minimum Gasteiger partial charge on any atom is -0.455 e. The van der Waals surface area contributed by atoms with E-state index in [2.05, 4.69) is 20.5 Å². The molecule has 0 spiro atoms. The first-order chi connectivity index (χ1) is 14.7. The third kappa shape index (κ3) is 3.62. The average Bonchev–Trinajstić information content (AvgIpc) is 3.18. The van der Waals surface area contributed by atoms with Crippen LogP contribution in [0.5, 0.6) is 5.88 Å². The Balaban J connectivity index is 1.55. The van der Waals surface area contributed by atoms with Gasteiger partial charge in [-0.3, -0.25) is 0 Å². The summed E-state index contributed by atoms with van der Waals surface area (Å²) in [7, 11) is 0. The molecule has 0 fully saturated rings. The average molecular weight is 437 g/mol. The molecule has 1 N–H and O–H groups in total. The van der Waals surface area contributed by atoms with Crippen molar-refractivity contribution in [1.29, 1.82) is 0 Å². The first-order valence-corrected chi connectivity index (χ1v) is 10.8. The number of thioether (sulfide) groups is 1. The van der Waals surface area contributed by atoms with Gasteiger partial charge in [0.15, 0.2) is 11.5 Å². The standard InChI is InChI=1S/C22H17ClN4O2S/c1-2-30-22-25-21-19(26-27-22)15-8-3-4-9-16(15)24-20(29-21)18-11-10-17(28-18)13-6-5-7-14(23)12-13/h3-12,20,24H,2H2,1H3/t20-/m0/s1. The first-order valence-electron chi connectivity index (χ1n) is 9.47. The molecule has 4 aromatic rings. The van der Waals surface area contributed by atoms with Crippen molar-refractivity contribution in [2.24, 2.45) is 0 Å². The topological polar surface area (TPSA) is 73.1 Å². The lowest BCUT2D eigenvalue weighted by Crippen LogP contribution is -2.16. The smallest absolute Gasteiger partial charge is 0.247 e. The molecule has 2 aromatic carbocycles. The van der Waals surface area contributed by atoms with Crippen LogP contribution in [0.3, 0.4) is 0 Å². The molecule has 0 saturated heterocycles. The Morgan fingerprint density at radius 2 is 1.97 bits per heavy atom. The minimum absolute atomic E-state index is 0.420. The number of para-hydroxylation sites is 1. The van der Waals surface area contributed by atoms with Crippen LogP contribution in [0.1, 0.15) is 18.9 Å². The van der Waals surface area contributed by atoms with E-state index in [9.17, 15) is 0 Å². The molecular weight excluding hydrogens is 420 g/mol. The lowest BCUT2D eigenvalue weighted by molar-refractivity contribution is 0.196. The van der Waals surface area contributed by atoms with E-state index in [4.69, 9.17) is 20.8 Å². The minimum atomic E-state index is -0.573. The van der Waals surface area contributed by atoms with Crippen molar-refractivity contribution in [3.63, 3.8) is 0 Å². The zero-order valence-electron chi connectivity index (χ0n) is 16.0. The fourth-order valence-electron chi connectivity index (χ4n) is 3.26. The highest BCUT2D eigenvalue weighted by atomic mass is 35.5. The van der Waals surface area contributed by atoms with Gasteiger partial charge in [0.1, 0.15) is 5.76 Å². The number of benzene rings is 2. The Hall–Kier alpha value is -3.03. The Bertz CT molecular complexity index is 1210. The SMILES string of the molecule is CCSc1nnc2c(n1)O[C@@H](c1ccc(-c3cccc(Cl)c3)o1)Nc1ccccc1-2. The molecule has 0 unspecified atom stereocenters. The van der Waals surface area contributed by atoms with E-state index in [1.165, 1.54) is 11.8 Å². The Morgan fingerprint density at radius 3 is 2.83 bits per heavy atom. The Labute approximate surface area is 182 Å². The maximum absolute atomic E-state index is 6.23. The van der Waals surface area contributed by atoms with Crippen LogP contribution >= 0.6 is 23.4 Å². The van der Waals surface area contributed by atoms with Gasteiger partial charge in [-0.1, -0.05) is 60.6 Å². The number of hydrogen-bond acceptors (Lipinski definition) is 7. The van der Waals surface area contributed by atoms with Crippen molar-refractivity contribution in [3.05, 3.63) is 71.4 Å². The van der Waals surface area contributed by atoms with E-state index in [0.29, 0.717) is 33.3 Å². The quantitative estimate of drug-likeness (QED) is 0.389. The van der Waals surface area contributed by atoms with Crippen LogP contribution in [0.25, 0.3) is 22.6 Å². The van der Waals surface area contributed by atoms with Gasteiger partial charge in [-0.15, -0.1) is 10.2 Å². The molecule has 1 aliphatic rings. The second kappa shape index (κ2) is 8.01. The van der Waals surface area contributed by atoms with E-state index in [1.807, 2.05) is 67.6 Å². The molecule has 0 aliphatic carbocycles. The Kier molecular flexibility index (Phi) is 5.06. The molecule has 0 radical (unpaired) electrons. The van der Waals surface area contributed by atoms with Crippen molar-refractivity contribution >= 4 is 29.1 Å². The number of rotatable bonds is 4. The second-order valence-electron chi connectivity index (χ2n) is 6.58. The van der Waals surface area contributed by atoms with Gasteiger partial charge in [-0.25, -0.2) is 0 Å². The van der Waals surface area contributed by atoms with Gasteiger partial charge in [-0.2, -0.15) is 4.98 Å². The highest BCUT2D eigenvalue weighted by molar-refractivity contribution is 7.99. The van der Waals surface area contributed by atoms with Crippen LogP contribution in [0.2, 0.25) is 5.02 Å². The van der Waals surface area contributed by atoms with Crippen LogP contribution < -0.4 is 10.1 Å². The molecule has 0 saturated carbocycles. The predicted molar refractivity (Wildman–Crippen MR) is 118 cm³/mol. The van der Waals surface area contributed by atoms with Crippen LogP contribution in [0, 0.1) is 0 Å². The van der Waals surface area contributed by atoms with E-state index in [-0.39, 0.29) is 0 Å². The number of fused-ring (bicyclic) bond motifs is 3. The summed E-state index contributed by atoms with van der Waals surface area (Å²) in [6.07, 6.45) is -0.573. The number of nitrogens with zero attached hydrogens (tertiary/aromatic N) is 3. The molecular formula is C22H17ClN4O2S. The molecule has 30 heavy (non-hydrogen) atoms. The monoisotopic (exact) mass is 436 g/mol. The zero-order chi connectivity index (χ0) is 20.5. The predicted octanol–water partition coefficient (Wildman–Crippen LogP) is 6.07. The lowest BCUT2D eigenvalue weighted by atomic mass is 10.1. The van der Waals surface area contributed by atoms with Crippen molar-refractivity contribution in [2.45, 2.75) is 18.3 Å². The largest absolute Gasteiger partial charge is 0.455 e. The fourth-order valence-corrected chi connectivity index (χ4v) is 3.95. The number of ether oxygens (including phenoxy) is 1. The molecule has 2 aromatic heterocycles. The van der Waals surface area contributed by atoms with E-state index >= 15 is 0 Å². The summed E-state index contributed by atoms with van der Waals surface area (Å²) >= 11 is 7.64. The van der Waals surface area contributed by atoms with Crippen molar-refractivity contribution in [3.8, 4) is 28.5 Å². The summed E-state index contributed by atoms with van der Waals surface area (Å²) in [5.74, 6) is 2.60. The van der Waals surface area contributed by atoms with Gasteiger partial charge >= 0.3 is 0 Å². The van der Waals surface area contributed by atoms with E-state index < -0.39 is 6.23 Å². The zero-order valence-corrected chi connectivity index (χ0v) is 17.6. The summed E-state index contributed by atoms with van der Waals surface area (Å²) in [4.78, 5) is 4.58. The van der Waals surface area contributed by atoms with E-state index in [1.54, 1.807) is 0 Å². The second-order valence-corrected chi connectivity index (χ2v) is 8.25. The number of furan rings is 1. The molecule has 5 rings (SSSR count). The maximum atomic E-state index is 6.23. The summed E-state index contributed by atoms with van der Waals surface area (Å²) in [5, 5.41) is 13.2. The third-order valence-corrected chi connectivity index (χ3v) is 5.56. The lowest BCUT2D eigenvalue weighted by Gasteiger charge is -2.16. The highest BCUT2D eigenvalue weighted by Gasteiger charge is 2.28. The van der Waals surface area contributed by atoms with Crippen LogP contribution in [0.4, 0.5) is 5.69 Å². The molecule has 150 valence electrons. The van der Waals surface area contributed by atoms with Crippen LogP contribution in [-0.2, 0) is 0 Å². The molecule has 1 aliphatic heterocycles. The van der Waals surface area contributed by atoms with Gasteiger partial charge in [0.2, 0.25) is 17.3 Å². The van der Waals surface area contributed by atoms with Crippen molar-refractivity contribution < 1.29 is 9.15 Å². The first kappa shape index (κ1) is 19.0. The van der Waals surface area contributed by atoms with Crippen LogP contribution in [0.15, 0.2) is 70.2 Å². The molecule has 3 heterocycles. The summed E-state index contributed by atoms with van der Waals surface area (Å²) < 4.78 is 12.3. The molecule has 8 heteroatoms. The maximum Gasteiger partial charge on any atom is 0.247 e. The van der Waals surface area contributed by atoms with Gasteiger partial charge in [0.25, 0.3) is 0 Å². The normalized spacial score (nSPS) is 14.8. The van der Waals surface area contributed by atoms with E-state index in [0.717, 1.165) is 22.6 Å². The van der Waals surface area contributed by atoms with Gasteiger partial charge in [-0.05, 0) is 36.1 Å². The molecule has 0 amide bonds. The van der Waals surface area contributed by atoms with Gasteiger partial charge in [0, 0.05) is 21.8 Å². The summed E-state index contributed by atoms with van der Waals surface area (Å²) in [5.41, 5.74) is 3.25. The Morgan fingerprint density at radius 1 is 1.07 bits per heavy atom. The molecule has 1 atom stereocenters. The van der Waals surface area contributed by atoms with Gasteiger partial charge in [0.05, 0.1) is 0 Å². The number of hydrogen-bond donors (Lipinski definition) is 1. The highest BCUT2D eigenvalue weighted by Crippen LogP contribution is 2.40. The number of halogens is 1. The number of anilines is 1. The summed E-state index contributed by atoms with van der Waals surface area (Å²) in [6.45, 7) is 2.04. The van der Waals surface area contributed by atoms with Crippen molar-refractivity contribution in [2.75, 3.05) is 11.1 Å². The third-order valence-electron chi connectivity index (χ3n) is 4.60. The van der Waals surface area contributed by atoms with Gasteiger partial charge < -0.3 is 14.5 Å². The number of aromatic nitrogens is 3. The molecule has 0 bridgehead atoms.